The molecule has 0 saturated carbocycles. The number of carbonyl (C=O) groups is 2. The van der Waals surface area contributed by atoms with Gasteiger partial charge < -0.3 is 15.0 Å². The van der Waals surface area contributed by atoms with Crippen molar-refractivity contribution in [3.8, 4) is 11.1 Å². The van der Waals surface area contributed by atoms with Crippen LogP contribution in [0.1, 0.15) is 72.2 Å². The minimum absolute atomic E-state index is 0.0106. The van der Waals surface area contributed by atoms with Crippen molar-refractivity contribution in [3.63, 3.8) is 0 Å². The van der Waals surface area contributed by atoms with E-state index in [0.29, 0.717) is 37.2 Å². The van der Waals surface area contributed by atoms with Crippen molar-refractivity contribution in [2.24, 2.45) is 5.92 Å². The monoisotopic (exact) mass is 625 g/mol. The average molecular weight is 626 g/mol. The molecule has 4 rings (SSSR count). The number of alkyl halides is 1. The van der Waals surface area contributed by atoms with Gasteiger partial charge in [0, 0.05) is 31.4 Å². The Morgan fingerprint density at radius 3 is 2.22 bits per heavy atom. The number of carboxylic acids is 1. The van der Waals surface area contributed by atoms with Gasteiger partial charge in [-0.15, -0.1) is 0 Å². The van der Waals surface area contributed by atoms with Gasteiger partial charge in [0.2, 0.25) is 5.91 Å². The Hall–Kier alpha value is -3.92. The van der Waals surface area contributed by atoms with Crippen LogP contribution in [0.25, 0.3) is 11.1 Å². The van der Waals surface area contributed by atoms with Crippen LogP contribution in [0.2, 0.25) is 0 Å². The number of benzene rings is 2. The minimum atomic E-state index is -1.27. The van der Waals surface area contributed by atoms with Crippen molar-refractivity contribution >= 4 is 11.9 Å². The maximum Gasteiger partial charge on any atom is 0.305 e. The number of halogens is 3. The lowest BCUT2D eigenvalue weighted by Gasteiger charge is -2.34. The molecule has 7 nitrogen and oxygen atoms in total. The van der Waals surface area contributed by atoms with Gasteiger partial charge in [-0.2, -0.15) is 0 Å². The van der Waals surface area contributed by atoms with Crippen LogP contribution >= 0.6 is 0 Å². The van der Waals surface area contributed by atoms with Crippen LogP contribution < -0.4 is 10.9 Å². The summed E-state index contributed by atoms with van der Waals surface area (Å²) in [5.74, 6) is -3.74. The number of hydrogen-bond donors (Lipinski definition) is 2. The first-order valence-corrected chi connectivity index (χ1v) is 15.3. The number of likely N-dealkylation sites (tertiary alicyclic amines) is 1. The molecular weight excluding hydrogens is 583 g/mol. The van der Waals surface area contributed by atoms with Crippen molar-refractivity contribution < 1.29 is 27.9 Å². The summed E-state index contributed by atoms with van der Waals surface area (Å²) >= 11 is 0. The molecule has 0 bridgehead atoms. The molecule has 2 unspecified atom stereocenters. The molecule has 242 valence electrons. The molecule has 0 aliphatic carbocycles. The highest BCUT2D eigenvalue weighted by Gasteiger charge is 2.30. The molecule has 1 aliphatic heterocycles. The molecule has 1 aliphatic rings. The summed E-state index contributed by atoms with van der Waals surface area (Å²) in [6.07, 6.45) is 0.434. The van der Waals surface area contributed by atoms with Crippen molar-refractivity contribution in [2.75, 3.05) is 19.6 Å². The Labute approximate surface area is 262 Å². The topological polar surface area (TPSA) is 91.6 Å². The molecule has 1 amide bonds. The largest absolute Gasteiger partial charge is 0.481 e. The van der Waals surface area contributed by atoms with Crippen LogP contribution in [-0.2, 0) is 16.0 Å². The lowest BCUT2D eigenvalue weighted by molar-refractivity contribution is -0.138. The molecular formula is C35H42F3N3O4. The fourth-order valence-corrected chi connectivity index (χ4v) is 6.27. The fourth-order valence-electron chi connectivity index (χ4n) is 6.27. The number of aliphatic carboxylic acids is 1. The third-order valence-electron chi connectivity index (χ3n) is 8.34. The lowest BCUT2D eigenvalue weighted by atomic mass is 9.89. The van der Waals surface area contributed by atoms with Gasteiger partial charge >= 0.3 is 5.97 Å². The summed E-state index contributed by atoms with van der Waals surface area (Å²) in [6, 6.07) is 5.98. The second kappa shape index (κ2) is 14.0. The summed E-state index contributed by atoms with van der Waals surface area (Å²) in [5, 5.41) is 12.5. The number of nitrogens with one attached hydrogen (secondary N) is 1. The van der Waals surface area contributed by atoms with E-state index in [9.17, 15) is 28.3 Å². The highest BCUT2D eigenvalue weighted by atomic mass is 19.1. The Balaban J connectivity index is 1.72. The van der Waals surface area contributed by atoms with E-state index in [1.54, 1.807) is 19.1 Å². The number of carbonyl (C=O) groups excluding carboxylic acids is 1. The normalized spacial score (nSPS) is 15.2. The predicted molar refractivity (Wildman–Crippen MR) is 168 cm³/mol. The average Bonchev–Trinajstić information content (AvgIpc) is 2.91. The predicted octanol–water partition coefficient (Wildman–Crippen LogP) is 6.14. The number of hydrogen-bond acceptors (Lipinski definition) is 4. The number of rotatable bonds is 12. The minimum Gasteiger partial charge on any atom is -0.481 e. The van der Waals surface area contributed by atoms with Crippen molar-refractivity contribution in [2.45, 2.75) is 79.1 Å². The maximum absolute atomic E-state index is 15.7. The van der Waals surface area contributed by atoms with E-state index >= 15 is 4.39 Å². The Morgan fingerprint density at radius 2 is 1.64 bits per heavy atom. The molecule has 2 atom stereocenters. The van der Waals surface area contributed by atoms with E-state index in [-0.39, 0.29) is 23.5 Å². The molecule has 0 radical (unpaired) electrons. The highest BCUT2D eigenvalue weighted by molar-refractivity contribution is 5.82. The number of carboxylic acid groups (broad SMARTS) is 1. The Kier molecular flexibility index (Phi) is 10.6. The third kappa shape index (κ3) is 8.03. The van der Waals surface area contributed by atoms with Gasteiger partial charge in [0.15, 0.2) is 5.82 Å². The van der Waals surface area contributed by atoms with E-state index in [1.807, 2.05) is 51.7 Å². The summed E-state index contributed by atoms with van der Waals surface area (Å²) in [5.41, 5.74) is 4.38. The summed E-state index contributed by atoms with van der Waals surface area (Å²) in [6.45, 7) is 12.2. The highest BCUT2D eigenvalue weighted by Crippen LogP contribution is 2.34. The Morgan fingerprint density at radius 1 is 1.00 bits per heavy atom. The number of pyridine rings is 1. The summed E-state index contributed by atoms with van der Waals surface area (Å²) in [4.78, 5) is 40.8. The standard InChI is InChI=1S/C35H42F3N3O4/c1-19(2)9-30(41-16-24(13-28(37)35(41)45)7-8-40-17-26(36)18-40)34(44)39-29(15-31(42)43)27-14-25(12-23(6)33(27)38)32-21(4)10-20(3)11-22(32)5/h10-14,16,19,26,29-30H,7-9,15,17-18H2,1-6H3,(H,39,44)(H,42,43). The molecule has 3 aromatic rings. The zero-order valence-corrected chi connectivity index (χ0v) is 26.7. The molecule has 10 heteroatoms. The van der Waals surface area contributed by atoms with Gasteiger partial charge in [0.1, 0.15) is 18.0 Å². The van der Waals surface area contributed by atoms with Crippen molar-refractivity contribution in [3.05, 3.63) is 91.9 Å². The maximum atomic E-state index is 15.7. The van der Waals surface area contributed by atoms with Gasteiger partial charge in [0.25, 0.3) is 5.56 Å². The second-order valence-corrected chi connectivity index (χ2v) is 12.8. The molecule has 1 fully saturated rings. The SMILES string of the molecule is Cc1cc(C)c(-c2cc(C)c(F)c(C(CC(=O)O)NC(=O)C(CC(C)C)n3cc(CCN4CC(F)C4)cc(F)c3=O)c2)c(C)c1. The van der Waals surface area contributed by atoms with Gasteiger partial charge in [-0.25, -0.2) is 13.2 Å². The number of aromatic nitrogens is 1. The van der Waals surface area contributed by atoms with Crippen LogP contribution in [0.4, 0.5) is 13.2 Å². The zero-order valence-electron chi connectivity index (χ0n) is 26.7. The van der Waals surface area contributed by atoms with Crippen molar-refractivity contribution in [1.29, 1.82) is 0 Å². The molecule has 1 aromatic heterocycles. The first kappa shape index (κ1) is 34.0. The van der Waals surface area contributed by atoms with Crippen LogP contribution in [0.5, 0.6) is 0 Å². The molecule has 0 spiro atoms. The van der Waals surface area contributed by atoms with Crippen molar-refractivity contribution in [1.82, 2.24) is 14.8 Å². The van der Waals surface area contributed by atoms with E-state index in [1.165, 1.54) is 6.20 Å². The molecule has 2 heterocycles. The number of nitrogens with zero attached hydrogens (tertiary/aromatic N) is 2. The number of aryl methyl sites for hydroxylation is 4. The molecule has 2 N–H and O–H groups in total. The quantitative estimate of drug-likeness (QED) is 0.252. The van der Waals surface area contributed by atoms with Crippen LogP contribution in [0.3, 0.4) is 0 Å². The fraction of sp³-hybridized carbons (Fsp3) is 0.457. The van der Waals surface area contributed by atoms with Crippen LogP contribution in [-0.4, -0.2) is 52.3 Å². The molecule has 2 aromatic carbocycles. The molecule has 1 saturated heterocycles. The van der Waals surface area contributed by atoms with E-state index < -0.39 is 53.7 Å². The summed E-state index contributed by atoms with van der Waals surface area (Å²) < 4.78 is 45.0. The lowest BCUT2D eigenvalue weighted by Crippen LogP contribution is -2.49. The van der Waals surface area contributed by atoms with Crippen LogP contribution in [0.15, 0.2) is 41.3 Å². The van der Waals surface area contributed by atoms with Gasteiger partial charge in [-0.1, -0.05) is 31.5 Å². The molecule has 45 heavy (non-hydrogen) atoms. The Bertz CT molecular complexity index is 1620. The zero-order chi connectivity index (χ0) is 33.2. The van der Waals surface area contributed by atoms with Gasteiger partial charge in [0.05, 0.1) is 12.5 Å². The number of amides is 1. The second-order valence-electron chi connectivity index (χ2n) is 12.8. The van der Waals surface area contributed by atoms with E-state index in [2.05, 4.69) is 5.32 Å². The smallest absolute Gasteiger partial charge is 0.305 e. The first-order valence-electron chi connectivity index (χ1n) is 15.3. The summed E-state index contributed by atoms with van der Waals surface area (Å²) in [7, 11) is 0. The first-order chi connectivity index (χ1) is 21.1. The third-order valence-corrected chi connectivity index (χ3v) is 8.34. The van der Waals surface area contributed by atoms with Crippen LogP contribution in [0, 0.1) is 45.2 Å². The van der Waals surface area contributed by atoms with Gasteiger partial charge in [-0.05, 0) is 98.0 Å². The van der Waals surface area contributed by atoms with Gasteiger partial charge in [-0.3, -0.25) is 19.3 Å². The van der Waals surface area contributed by atoms with E-state index in [0.717, 1.165) is 32.9 Å². The van der Waals surface area contributed by atoms with E-state index in [4.69, 9.17) is 0 Å².